The highest BCUT2D eigenvalue weighted by Gasteiger charge is 2.28. The first-order chi connectivity index (χ1) is 17.5. The van der Waals surface area contributed by atoms with Crippen molar-refractivity contribution in [3.63, 3.8) is 0 Å². The summed E-state index contributed by atoms with van der Waals surface area (Å²) in [5.74, 6) is 0.152. The molecular weight excluding hydrogens is 514 g/mol. The van der Waals surface area contributed by atoms with Crippen molar-refractivity contribution in [1.82, 2.24) is 19.4 Å². The summed E-state index contributed by atoms with van der Waals surface area (Å²) in [6, 6.07) is 13.3. The minimum atomic E-state index is -3.37. The van der Waals surface area contributed by atoms with Gasteiger partial charge in [0.15, 0.2) is 9.84 Å². The average molecular weight is 540 g/mol. The van der Waals surface area contributed by atoms with Crippen molar-refractivity contribution in [3.8, 4) is 5.69 Å². The van der Waals surface area contributed by atoms with Gasteiger partial charge in [0, 0.05) is 40.3 Å². The molecule has 0 spiro atoms. The number of halogens is 1. The van der Waals surface area contributed by atoms with E-state index in [-0.39, 0.29) is 28.9 Å². The van der Waals surface area contributed by atoms with Crippen molar-refractivity contribution in [2.24, 2.45) is 0 Å². The van der Waals surface area contributed by atoms with E-state index in [4.69, 9.17) is 16.6 Å². The van der Waals surface area contributed by atoms with Crippen LogP contribution in [0.15, 0.2) is 58.2 Å². The molecule has 9 nitrogen and oxygen atoms in total. The molecule has 0 bridgehead atoms. The van der Waals surface area contributed by atoms with Crippen LogP contribution >= 0.6 is 11.6 Å². The van der Waals surface area contributed by atoms with E-state index in [1.54, 1.807) is 35.2 Å². The Hall–Kier alpha value is -3.63. The Morgan fingerprint density at radius 2 is 1.86 bits per heavy atom. The first-order valence-electron chi connectivity index (χ1n) is 11.8. The number of nitrogens with zero attached hydrogens (tertiary/aromatic N) is 3. The number of nitrogens with one attached hydrogen (secondary N) is 2. The summed E-state index contributed by atoms with van der Waals surface area (Å²) < 4.78 is 25.2. The van der Waals surface area contributed by atoms with E-state index in [1.165, 1.54) is 16.7 Å². The van der Waals surface area contributed by atoms with Crippen LogP contribution in [-0.4, -0.2) is 52.6 Å². The molecule has 1 amide bonds. The number of hydrogen-bond donors (Lipinski definition) is 2. The second kappa shape index (κ2) is 9.35. The molecule has 0 radical (unpaired) electrons. The van der Waals surface area contributed by atoms with Gasteiger partial charge in [0.25, 0.3) is 11.5 Å². The zero-order chi connectivity index (χ0) is 26.5. The van der Waals surface area contributed by atoms with Crippen LogP contribution in [0.3, 0.4) is 0 Å². The second-order valence-electron chi connectivity index (χ2n) is 9.46. The molecule has 0 aliphatic carbocycles. The van der Waals surface area contributed by atoms with E-state index >= 15 is 0 Å². The molecule has 1 aliphatic rings. The van der Waals surface area contributed by atoms with Crippen LogP contribution in [-0.2, 0) is 22.8 Å². The Morgan fingerprint density at radius 3 is 2.54 bits per heavy atom. The summed E-state index contributed by atoms with van der Waals surface area (Å²) in [4.78, 5) is 36.7. The van der Waals surface area contributed by atoms with E-state index in [0.29, 0.717) is 46.6 Å². The van der Waals surface area contributed by atoms with Crippen LogP contribution in [0.1, 0.15) is 35.6 Å². The van der Waals surface area contributed by atoms with E-state index < -0.39 is 9.84 Å². The number of benzene rings is 2. The van der Waals surface area contributed by atoms with E-state index in [2.05, 4.69) is 10.3 Å². The van der Waals surface area contributed by atoms with Crippen molar-refractivity contribution < 1.29 is 13.2 Å². The van der Waals surface area contributed by atoms with Gasteiger partial charge in [0.2, 0.25) is 5.95 Å². The number of hydrogen-bond acceptors (Lipinski definition) is 6. The smallest absolute Gasteiger partial charge is 0.270 e. The van der Waals surface area contributed by atoms with E-state index in [1.807, 2.05) is 19.9 Å². The third-order valence-corrected chi connectivity index (χ3v) is 7.64. The number of aromatic amines is 1. The summed E-state index contributed by atoms with van der Waals surface area (Å²) in [5, 5.41) is 4.66. The van der Waals surface area contributed by atoms with Crippen molar-refractivity contribution in [2.45, 2.75) is 37.8 Å². The van der Waals surface area contributed by atoms with Gasteiger partial charge in [-0.15, -0.1) is 0 Å². The lowest BCUT2D eigenvalue weighted by atomic mass is 10.1. The Bertz CT molecular complexity index is 1690. The van der Waals surface area contributed by atoms with Gasteiger partial charge in [-0.3, -0.25) is 9.59 Å². The van der Waals surface area contributed by atoms with Crippen LogP contribution in [0.25, 0.3) is 16.6 Å². The summed E-state index contributed by atoms with van der Waals surface area (Å²) in [5.41, 5.74) is 2.60. The topological polar surface area (TPSA) is 117 Å². The molecule has 192 valence electrons. The fourth-order valence-corrected chi connectivity index (χ4v) is 5.30. The molecule has 1 aliphatic heterocycles. The summed E-state index contributed by atoms with van der Waals surface area (Å²) in [6.07, 6.45) is 1.49. The largest absolute Gasteiger partial charge is 0.353 e. The van der Waals surface area contributed by atoms with Crippen LogP contribution in [0.4, 0.5) is 5.95 Å². The van der Waals surface area contributed by atoms with Gasteiger partial charge in [0.05, 0.1) is 22.8 Å². The van der Waals surface area contributed by atoms with E-state index in [9.17, 15) is 18.0 Å². The Balaban J connectivity index is 1.51. The zero-order valence-electron chi connectivity index (χ0n) is 20.6. The Morgan fingerprint density at radius 1 is 1.14 bits per heavy atom. The predicted octanol–water partition coefficient (Wildman–Crippen LogP) is 3.79. The molecule has 2 aromatic carbocycles. The van der Waals surface area contributed by atoms with Gasteiger partial charge in [0.1, 0.15) is 5.69 Å². The third-order valence-electron chi connectivity index (χ3n) is 6.28. The maximum atomic E-state index is 13.6. The monoisotopic (exact) mass is 539 g/mol. The molecule has 0 unspecified atom stereocenters. The fraction of sp³-hybridized carbons (Fsp3) is 0.269. The lowest BCUT2D eigenvalue weighted by Crippen LogP contribution is -2.41. The van der Waals surface area contributed by atoms with E-state index in [0.717, 1.165) is 17.2 Å². The van der Waals surface area contributed by atoms with Gasteiger partial charge in [-0.2, -0.15) is 0 Å². The number of anilines is 1. The number of fused-ring (bicyclic) bond motifs is 2. The first-order valence-corrected chi connectivity index (χ1v) is 14.1. The van der Waals surface area contributed by atoms with Gasteiger partial charge >= 0.3 is 0 Å². The number of amides is 1. The summed E-state index contributed by atoms with van der Waals surface area (Å²) >= 11 is 6.08. The molecule has 0 saturated heterocycles. The number of sulfone groups is 1. The number of aromatic nitrogens is 3. The number of H-pyrrole nitrogens is 1. The highest BCUT2D eigenvalue weighted by molar-refractivity contribution is 7.90. The lowest BCUT2D eigenvalue weighted by Gasteiger charge is -2.29. The van der Waals surface area contributed by atoms with Gasteiger partial charge in [-0.25, -0.2) is 18.0 Å². The van der Waals surface area contributed by atoms with Crippen LogP contribution < -0.4 is 10.9 Å². The zero-order valence-corrected chi connectivity index (χ0v) is 22.2. The fourth-order valence-electron chi connectivity index (χ4n) is 4.49. The standard InChI is InChI=1S/C26H26ClN5O4S/c1-15(2)28-26-30-23-14-31(25(34)22-13-16-12-17(27)4-9-21(16)29-22)11-10-20(23)24(33)32(26)18-5-7-19(8-6-18)37(3,35)36/h4-9,12-13,15,29H,10-11,14H2,1-3H3,(H,28,30). The quantitative estimate of drug-likeness (QED) is 0.398. The van der Waals surface area contributed by atoms with Crippen molar-refractivity contribution >= 4 is 44.2 Å². The lowest BCUT2D eigenvalue weighted by molar-refractivity contribution is 0.0726. The molecule has 4 aromatic rings. The van der Waals surface area contributed by atoms with Crippen LogP contribution in [0.5, 0.6) is 0 Å². The normalized spacial score (nSPS) is 13.7. The van der Waals surface area contributed by atoms with Crippen molar-refractivity contribution in [1.29, 1.82) is 0 Å². The number of rotatable bonds is 5. The molecule has 2 aromatic heterocycles. The molecule has 0 atom stereocenters. The molecule has 2 N–H and O–H groups in total. The number of carbonyl (C=O) groups excluding carboxylic acids is 1. The minimum Gasteiger partial charge on any atom is -0.353 e. The Labute approximate surface area is 219 Å². The van der Waals surface area contributed by atoms with Crippen molar-refractivity contribution in [3.05, 3.63) is 80.9 Å². The molecular formula is C26H26ClN5O4S. The summed E-state index contributed by atoms with van der Waals surface area (Å²) in [6.45, 7) is 4.42. The molecule has 0 fully saturated rings. The third kappa shape index (κ3) is 4.86. The molecule has 37 heavy (non-hydrogen) atoms. The first kappa shape index (κ1) is 25.0. The molecule has 0 saturated carbocycles. The van der Waals surface area contributed by atoms with Crippen LogP contribution in [0, 0.1) is 0 Å². The molecule has 3 heterocycles. The summed E-state index contributed by atoms with van der Waals surface area (Å²) in [7, 11) is -3.37. The average Bonchev–Trinajstić information content (AvgIpc) is 3.26. The highest BCUT2D eigenvalue weighted by atomic mass is 35.5. The van der Waals surface area contributed by atoms with Gasteiger partial charge in [-0.1, -0.05) is 11.6 Å². The van der Waals surface area contributed by atoms with Crippen molar-refractivity contribution in [2.75, 3.05) is 18.1 Å². The minimum absolute atomic E-state index is 0.0222. The predicted molar refractivity (Wildman–Crippen MR) is 143 cm³/mol. The van der Waals surface area contributed by atoms with Gasteiger partial charge in [-0.05, 0) is 68.8 Å². The highest BCUT2D eigenvalue weighted by Crippen LogP contribution is 2.24. The SMILES string of the molecule is CC(C)Nc1nc2c(c(=O)n1-c1ccc(S(C)(=O)=O)cc1)CCN(C(=O)c1cc3cc(Cl)ccc3[nH]1)C2. The maximum absolute atomic E-state index is 13.6. The molecule has 5 rings (SSSR count). The number of carbonyl (C=O) groups is 1. The maximum Gasteiger partial charge on any atom is 0.270 e. The Kier molecular flexibility index (Phi) is 6.33. The molecule has 11 heteroatoms. The van der Waals surface area contributed by atoms with Crippen LogP contribution in [0.2, 0.25) is 5.02 Å². The van der Waals surface area contributed by atoms with Gasteiger partial charge < -0.3 is 15.2 Å². The second-order valence-corrected chi connectivity index (χ2v) is 11.9.